The van der Waals surface area contributed by atoms with Crippen LogP contribution in [-0.2, 0) is 6.54 Å². The van der Waals surface area contributed by atoms with E-state index in [2.05, 4.69) is 4.90 Å². The fourth-order valence-corrected chi connectivity index (χ4v) is 3.02. The second-order valence-corrected chi connectivity index (χ2v) is 5.85. The minimum atomic E-state index is -0.298. The largest absolute Gasteiger partial charge is 0.393 e. The van der Waals surface area contributed by atoms with E-state index in [1.54, 1.807) is 6.07 Å². The summed E-state index contributed by atoms with van der Waals surface area (Å²) in [6, 6.07) is 4.97. The minimum absolute atomic E-state index is 0.283. The van der Waals surface area contributed by atoms with Gasteiger partial charge in [-0.25, -0.2) is 4.39 Å². The van der Waals surface area contributed by atoms with Crippen molar-refractivity contribution < 1.29 is 9.50 Å². The highest BCUT2D eigenvalue weighted by molar-refractivity contribution is 6.31. The van der Waals surface area contributed by atoms with Crippen LogP contribution in [0.4, 0.5) is 4.39 Å². The molecule has 1 aliphatic heterocycles. The molecule has 19 heavy (non-hydrogen) atoms. The van der Waals surface area contributed by atoms with Crippen LogP contribution >= 0.6 is 11.6 Å². The maximum absolute atomic E-state index is 13.0. The van der Waals surface area contributed by atoms with E-state index in [4.69, 9.17) is 11.6 Å². The molecular formula is C15H21ClFNO. The van der Waals surface area contributed by atoms with Crippen molar-refractivity contribution in [3.05, 3.63) is 34.6 Å². The highest BCUT2D eigenvalue weighted by Gasteiger charge is 2.24. The van der Waals surface area contributed by atoms with Crippen LogP contribution in [0.5, 0.6) is 0 Å². The molecule has 0 radical (unpaired) electrons. The Morgan fingerprint density at radius 1 is 1.47 bits per heavy atom. The first-order valence-corrected chi connectivity index (χ1v) is 7.30. The molecule has 2 nitrogen and oxygen atoms in total. The Balaban J connectivity index is 2.06. The number of aliphatic hydroxyl groups is 1. The van der Waals surface area contributed by atoms with Gasteiger partial charge < -0.3 is 5.11 Å². The van der Waals surface area contributed by atoms with Gasteiger partial charge in [-0.3, -0.25) is 4.90 Å². The van der Waals surface area contributed by atoms with Crippen LogP contribution in [0, 0.1) is 5.82 Å². The standard InChI is InChI=1S/C15H21ClFNO/c1-11(19)8-14-4-2-3-7-18(14)10-12-5-6-13(17)9-15(12)16/h5-6,9,11,14,19H,2-4,7-8,10H2,1H3. The first-order chi connectivity index (χ1) is 9.06. The predicted octanol–water partition coefficient (Wildman–Crippen LogP) is 3.60. The molecule has 1 aromatic rings. The summed E-state index contributed by atoms with van der Waals surface area (Å²) < 4.78 is 13.0. The number of benzene rings is 1. The first-order valence-electron chi connectivity index (χ1n) is 6.92. The molecule has 1 aromatic carbocycles. The highest BCUT2D eigenvalue weighted by atomic mass is 35.5. The quantitative estimate of drug-likeness (QED) is 0.914. The van der Waals surface area contributed by atoms with Crippen LogP contribution in [-0.4, -0.2) is 28.7 Å². The Morgan fingerprint density at radius 2 is 2.26 bits per heavy atom. The van der Waals surface area contributed by atoms with Crippen molar-refractivity contribution in [1.29, 1.82) is 0 Å². The zero-order chi connectivity index (χ0) is 13.8. The monoisotopic (exact) mass is 285 g/mol. The van der Waals surface area contributed by atoms with E-state index in [9.17, 15) is 9.50 Å². The lowest BCUT2D eigenvalue weighted by atomic mass is 9.96. The van der Waals surface area contributed by atoms with Crippen molar-refractivity contribution in [2.45, 2.75) is 51.3 Å². The van der Waals surface area contributed by atoms with Gasteiger partial charge in [-0.1, -0.05) is 24.1 Å². The normalized spacial score (nSPS) is 22.4. The minimum Gasteiger partial charge on any atom is -0.393 e. The van der Waals surface area contributed by atoms with Crippen LogP contribution in [0.2, 0.25) is 5.02 Å². The van der Waals surface area contributed by atoms with Gasteiger partial charge in [0.2, 0.25) is 0 Å². The average Bonchev–Trinajstić information content (AvgIpc) is 2.34. The Kier molecular flexibility index (Phi) is 5.20. The third-order valence-corrected chi connectivity index (χ3v) is 4.10. The zero-order valence-corrected chi connectivity index (χ0v) is 12.0. The summed E-state index contributed by atoms with van der Waals surface area (Å²) in [6.07, 6.45) is 4.01. The summed E-state index contributed by atoms with van der Waals surface area (Å²) in [5, 5.41) is 10.1. The van der Waals surface area contributed by atoms with Gasteiger partial charge in [0, 0.05) is 17.6 Å². The fourth-order valence-electron chi connectivity index (χ4n) is 2.80. The van der Waals surface area contributed by atoms with Gasteiger partial charge in [0.15, 0.2) is 0 Å². The average molecular weight is 286 g/mol. The number of hydrogen-bond donors (Lipinski definition) is 1. The lowest BCUT2D eigenvalue weighted by Crippen LogP contribution is -2.40. The van der Waals surface area contributed by atoms with Crippen LogP contribution in [0.25, 0.3) is 0 Å². The van der Waals surface area contributed by atoms with Gasteiger partial charge in [-0.15, -0.1) is 0 Å². The van der Waals surface area contributed by atoms with Crippen molar-refractivity contribution >= 4 is 11.6 Å². The second-order valence-electron chi connectivity index (χ2n) is 5.44. The van der Waals surface area contributed by atoms with Gasteiger partial charge in [0.25, 0.3) is 0 Å². The van der Waals surface area contributed by atoms with E-state index in [0.29, 0.717) is 11.1 Å². The number of halogens is 2. The van der Waals surface area contributed by atoms with E-state index in [1.807, 2.05) is 6.92 Å². The molecule has 1 heterocycles. The molecule has 2 atom stereocenters. The lowest BCUT2D eigenvalue weighted by molar-refractivity contribution is 0.0818. The first kappa shape index (κ1) is 14.8. The van der Waals surface area contributed by atoms with Gasteiger partial charge in [0.1, 0.15) is 5.82 Å². The molecule has 2 rings (SSSR count). The molecule has 1 N–H and O–H groups in total. The molecule has 0 aliphatic carbocycles. The third kappa shape index (κ3) is 4.16. The van der Waals surface area contributed by atoms with Gasteiger partial charge in [-0.05, 0) is 50.4 Å². The highest BCUT2D eigenvalue weighted by Crippen LogP contribution is 2.26. The summed E-state index contributed by atoms with van der Waals surface area (Å²) in [5.74, 6) is -0.298. The maximum atomic E-state index is 13.0. The van der Waals surface area contributed by atoms with Crippen LogP contribution < -0.4 is 0 Å². The SMILES string of the molecule is CC(O)CC1CCCCN1Cc1ccc(F)cc1Cl. The smallest absolute Gasteiger partial charge is 0.124 e. The Morgan fingerprint density at radius 3 is 2.95 bits per heavy atom. The molecule has 4 heteroatoms. The van der Waals surface area contributed by atoms with Crippen molar-refractivity contribution in [3.8, 4) is 0 Å². The summed E-state index contributed by atoms with van der Waals surface area (Å²) in [4.78, 5) is 2.36. The molecule has 1 saturated heterocycles. The molecule has 0 amide bonds. The van der Waals surface area contributed by atoms with Crippen LogP contribution in [0.3, 0.4) is 0 Å². The van der Waals surface area contributed by atoms with E-state index in [-0.39, 0.29) is 11.9 Å². The molecular weight excluding hydrogens is 265 g/mol. The van der Waals surface area contributed by atoms with Gasteiger partial charge >= 0.3 is 0 Å². The summed E-state index contributed by atoms with van der Waals surface area (Å²) in [6.45, 7) is 3.58. The Hall–Kier alpha value is -0.640. The predicted molar refractivity (Wildman–Crippen MR) is 75.8 cm³/mol. The molecule has 0 saturated carbocycles. The number of likely N-dealkylation sites (tertiary alicyclic amines) is 1. The molecule has 0 spiro atoms. The van der Waals surface area contributed by atoms with Gasteiger partial charge in [0.05, 0.1) is 6.10 Å². The van der Waals surface area contributed by atoms with E-state index in [1.165, 1.54) is 25.0 Å². The van der Waals surface area contributed by atoms with E-state index >= 15 is 0 Å². The van der Waals surface area contributed by atoms with E-state index < -0.39 is 0 Å². The van der Waals surface area contributed by atoms with Crippen molar-refractivity contribution in [3.63, 3.8) is 0 Å². The number of piperidine rings is 1. The summed E-state index contributed by atoms with van der Waals surface area (Å²) in [7, 11) is 0. The van der Waals surface area contributed by atoms with Crippen molar-refractivity contribution in [2.24, 2.45) is 0 Å². The Labute approximate surface area is 119 Å². The number of rotatable bonds is 4. The lowest BCUT2D eigenvalue weighted by Gasteiger charge is -2.36. The Bertz CT molecular complexity index is 425. The molecule has 0 aromatic heterocycles. The molecule has 2 unspecified atom stereocenters. The number of hydrogen-bond acceptors (Lipinski definition) is 2. The molecule has 0 bridgehead atoms. The fraction of sp³-hybridized carbons (Fsp3) is 0.600. The summed E-state index contributed by atoms with van der Waals surface area (Å²) >= 11 is 6.09. The molecule has 1 aliphatic rings. The summed E-state index contributed by atoms with van der Waals surface area (Å²) in [5.41, 5.74) is 0.959. The van der Waals surface area contributed by atoms with Crippen molar-refractivity contribution in [1.82, 2.24) is 4.90 Å². The topological polar surface area (TPSA) is 23.5 Å². The van der Waals surface area contributed by atoms with Crippen molar-refractivity contribution in [2.75, 3.05) is 6.54 Å². The number of aliphatic hydroxyl groups excluding tert-OH is 1. The number of nitrogens with zero attached hydrogens (tertiary/aromatic N) is 1. The van der Waals surface area contributed by atoms with Crippen LogP contribution in [0.1, 0.15) is 38.2 Å². The van der Waals surface area contributed by atoms with Crippen LogP contribution in [0.15, 0.2) is 18.2 Å². The molecule has 1 fully saturated rings. The maximum Gasteiger partial charge on any atom is 0.124 e. The van der Waals surface area contributed by atoms with Gasteiger partial charge in [-0.2, -0.15) is 0 Å². The van der Waals surface area contributed by atoms with E-state index in [0.717, 1.165) is 31.5 Å². The zero-order valence-electron chi connectivity index (χ0n) is 11.3. The third-order valence-electron chi connectivity index (χ3n) is 3.75. The molecule has 106 valence electrons. The second kappa shape index (κ2) is 6.69.